The van der Waals surface area contributed by atoms with Crippen molar-refractivity contribution in [3.8, 4) is 0 Å². The van der Waals surface area contributed by atoms with E-state index in [1.807, 2.05) is 18.2 Å². The number of allylic oxidation sites excluding steroid dienone is 2. The molecule has 0 aliphatic heterocycles. The summed E-state index contributed by atoms with van der Waals surface area (Å²) in [7, 11) is 0. The normalized spacial score (nSPS) is 15.9. The maximum atomic E-state index is 5.78. The topological polar surface area (TPSA) is 13.1 Å². The fourth-order valence-corrected chi connectivity index (χ4v) is 2.03. The molecule has 1 aromatic heterocycles. The fraction of sp³-hybridized carbons (Fsp3) is 0.250. The van der Waals surface area contributed by atoms with Crippen LogP contribution in [0.25, 0.3) is 16.4 Å². The average molecular weight is 182 g/mol. The summed E-state index contributed by atoms with van der Waals surface area (Å²) < 4.78 is 5.78. The molecular weight excluding hydrogens is 171 g/mol. The second-order valence-corrected chi connectivity index (χ2v) is 3.77. The second-order valence-electron chi connectivity index (χ2n) is 3.77. The van der Waals surface area contributed by atoms with Gasteiger partial charge in [0.15, 0.2) is 0 Å². The Labute approximate surface area is 83.6 Å². The molecule has 2 heteroatoms. The average Bonchev–Trinajstić information content (AvgIpc) is 2.86. The Hall–Kier alpha value is -1.31. The van der Waals surface area contributed by atoms with Crippen molar-refractivity contribution in [1.82, 2.24) is 0 Å². The molecule has 68 valence electrons. The van der Waals surface area contributed by atoms with Crippen molar-refractivity contribution in [2.75, 3.05) is 0 Å². The van der Waals surface area contributed by atoms with Crippen molar-refractivity contribution >= 4 is 23.3 Å². The predicted molar refractivity (Wildman–Crippen MR) is 59.4 cm³/mol. The van der Waals surface area contributed by atoms with E-state index in [0.717, 1.165) is 11.2 Å². The van der Waals surface area contributed by atoms with Crippen molar-refractivity contribution in [2.24, 2.45) is 0 Å². The number of benzene rings is 1. The van der Waals surface area contributed by atoms with Crippen LogP contribution in [0.5, 0.6) is 0 Å². The molecule has 14 heavy (non-hydrogen) atoms. The first-order chi connectivity index (χ1) is 6.93. The molecule has 0 spiro atoms. The van der Waals surface area contributed by atoms with Gasteiger partial charge in [-0.15, -0.1) is 0 Å². The number of fused-ring (bicyclic) bond motifs is 1. The number of rotatable bonds is 1. The molecule has 0 saturated heterocycles. The Bertz CT molecular complexity index is 463. The molecule has 2 aromatic rings. The first-order valence-corrected chi connectivity index (χ1v) is 5.11. The first kappa shape index (κ1) is 8.04. The van der Waals surface area contributed by atoms with Crippen molar-refractivity contribution in [3.63, 3.8) is 0 Å². The van der Waals surface area contributed by atoms with Crippen LogP contribution in [0.4, 0.5) is 0 Å². The van der Waals surface area contributed by atoms with Gasteiger partial charge in [0, 0.05) is 0 Å². The zero-order chi connectivity index (χ0) is 9.38. The molecule has 0 N–H and O–H groups in total. The molecule has 1 aliphatic carbocycles. The Balaban J connectivity index is 2.14. The molecule has 0 unspecified atom stereocenters. The standard InChI is InChI=1S/C12H11BO/c1-2-6-9(5-1)12-13-10-7-3-4-8-11(10)14-12/h3-5,7-8H,1-2,6H2. The number of hydrogen-bond donors (Lipinski definition) is 0. The number of para-hydroxylation sites is 1. The molecule has 0 amide bonds. The van der Waals surface area contributed by atoms with Gasteiger partial charge in [-0.05, 0) is 0 Å². The Morgan fingerprint density at radius 2 is 2.14 bits per heavy atom. The van der Waals surface area contributed by atoms with Gasteiger partial charge in [0.2, 0.25) is 0 Å². The molecule has 1 aliphatic rings. The first-order valence-electron chi connectivity index (χ1n) is 5.11. The van der Waals surface area contributed by atoms with Crippen LogP contribution in [0.3, 0.4) is 0 Å². The van der Waals surface area contributed by atoms with Gasteiger partial charge in [0.05, 0.1) is 0 Å². The summed E-state index contributed by atoms with van der Waals surface area (Å²) in [5, 5.41) is 1.20. The van der Waals surface area contributed by atoms with Gasteiger partial charge >= 0.3 is 83.0 Å². The molecule has 0 radical (unpaired) electrons. The van der Waals surface area contributed by atoms with Gasteiger partial charge in [-0.3, -0.25) is 0 Å². The van der Waals surface area contributed by atoms with Gasteiger partial charge in [-0.25, -0.2) is 0 Å². The Morgan fingerprint density at radius 3 is 2.93 bits per heavy atom. The zero-order valence-corrected chi connectivity index (χ0v) is 7.99. The maximum absolute atomic E-state index is 5.78. The quantitative estimate of drug-likeness (QED) is 0.659. The molecule has 1 aromatic carbocycles. The fourth-order valence-electron chi connectivity index (χ4n) is 2.03. The molecule has 1 nitrogen and oxygen atoms in total. The van der Waals surface area contributed by atoms with Gasteiger partial charge in [0.25, 0.3) is 0 Å². The molecule has 0 saturated carbocycles. The van der Waals surface area contributed by atoms with E-state index in [9.17, 15) is 0 Å². The molecular formula is C12H11BO. The van der Waals surface area contributed by atoms with Crippen molar-refractivity contribution in [1.29, 1.82) is 0 Å². The van der Waals surface area contributed by atoms with Crippen LogP contribution in [-0.4, -0.2) is 6.91 Å². The SMILES string of the molecule is b1c(C2=CCCC2)oc2ccccc12. The van der Waals surface area contributed by atoms with Crippen LogP contribution >= 0.6 is 0 Å². The van der Waals surface area contributed by atoms with Crippen LogP contribution in [0.1, 0.15) is 24.9 Å². The Morgan fingerprint density at radius 1 is 1.21 bits per heavy atom. The summed E-state index contributed by atoms with van der Waals surface area (Å²) in [6, 6.07) is 8.18. The molecule has 0 bridgehead atoms. The van der Waals surface area contributed by atoms with E-state index in [2.05, 4.69) is 19.1 Å². The summed E-state index contributed by atoms with van der Waals surface area (Å²) in [4.78, 5) is 0. The van der Waals surface area contributed by atoms with E-state index in [1.165, 1.54) is 30.1 Å². The molecule has 0 fully saturated rings. The van der Waals surface area contributed by atoms with Crippen molar-refractivity contribution < 1.29 is 4.42 Å². The van der Waals surface area contributed by atoms with E-state index in [4.69, 9.17) is 4.42 Å². The summed E-state index contributed by atoms with van der Waals surface area (Å²) in [6.07, 6.45) is 5.93. The third kappa shape index (κ3) is 1.22. The van der Waals surface area contributed by atoms with Gasteiger partial charge in [-0.1, -0.05) is 0 Å². The Kier molecular flexibility index (Phi) is 1.79. The predicted octanol–water partition coefficient (Wildman–Crippen LogP) is 3.34. The third-order valence-corrected chi connectivity index (χ3v) is 2.78. The minimum atomic E-state index is 0.996. The van der Waals surface area contributed by atoms with Crippen molar-refractivity contribution in [2.45, 2.75) is 19.3 Å². The van der Waals surface area contributed by atoms with E-state index < -0.39 is 0 Å². The van der Waals surface area contributed by atoms with Crippen LogP contribution < -0.4 is 0 Å². The third-order valence-electron chi connectivity index (χ3n) is 2.78. The second kappa shape index (κ2) is 3.12. The number of hydrogen-bond acceptors (Lipinski definition) is 1. The van der Waals surface area contributed by atoms with Crippen LogP contribution in [0, 0.1) is 0 Å². The van der Waals surface area contributed by atoms with Gasteiger partial charge in [0.1, 0.15) is 0 Å². The van der Waals surface area contributed by atoms with E-state index >= 15 is 0 Å². The summed E-state index contributed by atoms with van der Waals surface area (Å²) in [6.45, 7) is 2.15. The zero-order valence-electron chi connectivity index (χ0n) is 7.99. The van der Waals surface area contributed by atoms with E-state index in [1.54, 1.807) is 0 Å². The van der Waals surface area contributed by atoms with E-state index in [0.29, 0.717) is 0 Å². The summed E-state index contributed by atoms with van der Waals surface area (Å²) in [5.74, 6) is 0. The molecule has 1 heterocycles. The van der Waals surface area contributed by atoms with Gasteiger partial charge < -0.3 is 0 Å². The summed E-state index contributed by atoms with van der Waals surface area (Å²) in [5.41, 5.74) is 3.43. The van der Waals surface area contributed by atoms with E-state index in [-0.39, 0.29) is 0 Å². The minimum absolute atomic E-state index is 0.996. The van der Waals surface area contributed by atoms with Crippen molar-refractivity contribution in [3.05, 3.63) is 36.0 Å². The van der Waals surface area contributed by atoms with Gasteiger partial charge in [-0.2, -0.15) is 0 Å². The van der Waals surface area contributed by atoms with Crippen LogP contribution in [0.2, 0.25) is 0 Å². The summed E-state index contributed by atoms with van der Waals surface area (Å²) >= 11 is 0. The monoisotopic (exact) mass is 182 g/mol. The molecule has 0 atom stereocenters. The van der Waals surface area contributed by atoms with Crippen LogP contribution in [-0.2, 0) is 0 Å². The van der Waals surface area contributed by atoms with Crippen LogP contribution in [0.15, 0.2) is 34.8 Å². The molecule has 3 rings (SSSR count).